The lowest BCUT2D eigenvalue weighted by Crippen LogP contribution is -2.18. The normalized spacial score (nSPS) is 12.0. The number of nitrogens with one attached hydrogen (secondary N) is 1. The van der Waals surface area contributed by atoms with E-state index in [1.54, 1.807) is 7.11 Å². The average molecular weight is 301 g/mol. The summed E-state index contributed by atoms with van der Waals surface area (Å²) >= 11 is 0. The number of rotatable bonds is 8. The van der Waals surface area contributed by atoms with Gasteiger partial charge in [0.15, 0.2) is 11.5 Å². The lowest BCUT2D eigenvalue weighted by molar-refractivity contribution is 0.196. The van der Waals surface area contributed by atoms with E-state index in [1.807, 2.05) is 36.4 Å². The molecule has 4 heteroatoms. The van der Waals surface area contributed by atoms with E-state index in [9.17, 15) is 0 Å². The van der Waals surface area contributed by atoms with Crippen molar-refractivity contribution in [3.8, 4) is 11.5 Å². The minimum Gasteiger partial charge on any atom is -0.493 e. The van der Waals surface area contributed by atoms with E-state index in [1.165, 1.54) is 5.56 Å². The number of methoxy groups -OCH3 is 1. The highest BCUT2D eigenvalue weighted by atomic mass is 16.5. The van der Waals surface area contributed by atoms with Gasteiger partial charge in [0.1, 0.15) is 6.61 Å². The van der Waals surface area contributed by atoms with Gasteiger partial charge in [-0.15, -0.1) is 0 Å². The number of hydrogen-bond donors (Lipinski definition) is 2. The van der Waals surface area contributed by atoms with Gasteiger partial charge < -0.3 is 19.9 Å². The van der Waals surface area contributed by atoms with Crippen LogP contribution in [0.5, 0.6) is 11.5 Å². The van der Waals surface area contributed by atoms with Crippen LogP contribution in [0, 0.1) is 0 Å². The van der Waals surface area contributed by atoms with Gasteiger partial charge in [-0.2, -0.15) is 0 Å². The number of ether oxygens (including phenoxy) is 2. The Labute approximate surface area is 131 Å². The molecule has 0 aromatic heterocycles. The summed E-state index contributed by atoms with van der Waals surface area (Å²) in [6.07, 6.45) is 0. The van der Waals surface area contributed by atoms with Crippen molar-refractivity contribution in [2.75, 3.05) is 20.3 Å². The number of hydrogen-bond acceptors (Lipinski definition) is 4. The molecular weight excluding hydrogens is 278 g/mol. The minimum atomic E-state index is -0.0128. The quantitative estimate of drug-likeness (QED) is 0.787. The van der Waals surface area contributed by atoms with E-state index in [0.717, 1.165) is 12.1 Å². The van der Waals surface area contributed by atoms with Crippen molar-refractivity contribution in [1.82, 2.24) is 5.32 Å². The maximum absolute atomic E-state index is 8.82. The zero-order chi connectivity index (χ0) is 15.8. The van der Waals surface area contributed by atoms with Crippen LogP contribution in [0.1, 0.15) is 24.1 Å². The molecule has 22 heavy (non-hydrogen) atoms. The molecule has 2 N–H and O–H groups in total. The minimum absolute atomic E-state index is 0.0128. The molecule has 0 heterocycles. The van der Waals surface area contributed by atoms with Crippen LogP contribution in [0.15, 0.2) is 48.5 Å². The van der Waals surface area contributed by atoms with E-state index in [0.29, 0.717) is 11.5 Å². The van der Waals surface area contributed by atoms with Gasteiger partial charge in [0.05, 0.1) is 13.7 Å². The molecule has 0 saturated heterocycles. The van der Waals surface area contributed by atoms with Crippen LogP contribution >= 0.6 is 0 Å². The van der Waals surface area contributed by atoms with Crippen molar-refractivity contribution in [1.29, 1.82) is 0 Å². The standard InChI is InChI=1S/C18H23NO3/c1-14(16-6-4-3-5-7-16)19-13-15-8-9-17(22-11-10-20)18(12-15)21-2/h3-9,12,14,19-20H,10-11,13H2,1-2H3. The Morgan fingerprint density at radius 2 is 1.86 bits per heavy atom. The maximum atomic E-state index is 8.82. The molecule has 2 aromatic rings. The summed E-state index contributed by atoms with van der Waals surface area (Å²) in [6, 6.07) is 16.4. The second-order valence-electron chi connectivity index (χ2n) is 5.07. The maximum Gasteiger partial charge on any atom is 0.161 e. The van der Waals surface area contributed by atoms with Crippen molar-refractivity contribution in [2.45, 2.75) is 19.5 Å². The van der Waals surface area contributed by atoms with E-state index >= 15 is 0 Å². The van der Waals surface area contributed by atoms with Crippen molar-refractivity contribution >= 4 is 0 Å². The molecule has 1 atom stereocenters. The Bertz CT molecular complexity index is 572. The van der Waals surface area contributed by atoms with Crippen LogP contribution in [-0.4, -0.2) is 25.4 Å². The van der Waals surface area contributed by atoms with Crippen LogP contribution in [0.25, 0.3) is 0 Å². The molecule has 118 valence electrons. The fourth-order valence-electron chi connectivity index (χ4n) is 2.23. The first-order chi connectivity index (χ1) is 10.7. The highest BCUT2D eigenvalue weighted by Crippen LogP contribution is 2.28. The zero-order valence-corrected chi connectivity index (χ0v) is 13.1. The monoisotopic (exact) mass is 301 g/mol. The first kappa shape index (κ1) is 16.3. The van der Waals surface area contributed by atoms with Gasteiger partial charge in [-0.3, -0.25) is 0 Å². The van der Waals surface area contributed by atoms with E-state index in [-0.39, 0.29) is 19.3 Å². The molecule has 0 spiro atoms. The molecule has 0 fully saturated rings. The molecule has 1 unspecified atom stereocenters. The highest BCUT2D eigenvalue weighted by molar-refractivity contribution is 5.43. The molecular formula is C18H23NO3. The summed E-state index contributed by atoms with van der Waals surface area (Å²) in [5.74, 6) is 1.33. The number of aliphatic hydroxyl groups is 1. The zero-order valence-electron chi connectivity index (χ0n) is 13.1. The van der Waals surface area contributed by atoms with Gasteiger partial charge in [0.25, 0.3) is 0 Å². The Kier molecular flexibility index (Phi) is 6.25. The largest absolute Gasteiger partial charge is 0.493 e. The fourth-order valence-corrected chi connectivity index (χ4v) is 2.23. The van der Waals surface area contributed by atoms with Crippen molar-refractivity contribution < 1.29 is 14.6 Å². The summed E-state index contributed by atoms with van der Waals surface area (Å²) in [5, 5.41) is 12.3. The van der Waals surface area contributed by atoms with E-state index in [2.05, 4.69) is 24.4 Å². The number of aliphatic hydroxyl groups excluding tert-OH is 1. The molecule has 0 aliphatic rings. The highest BCUT2D eigenvalue weighted by Gasteiger charge is 2.08. The molecule has 0 radical (unpaired) electrons. The van der Waals surface area contributed by atoms with Gasteiger partial charge in [-0.25, -0.2) is 0 Å². The van der Waals surface area contributed by atoms with Gasteiger partial charge in [0.2, 0.25) is 0 Å². The van der Waals surface area contributed by atoms with Crippen LogP contribution in [-0.2, 0) is 6.54 Å². The Morgan fingerprint density at radius 1 is 1.09 bits per heavy atom. The van der Waals surface area contributed by atoms with Crippen LogP contribution in [0.3, 0.4) is 0 Å². The summed E-state index contributed by atoms with van der Waals surface area (Å²) in [5.41, 5.74) is 2.38. The molecule has 0 saturated carbocycles. The topological polar surface area (TPSA) is 50.7 Å². The van der Waals surface area contributed by atoms with E-state index in [4.69, 9.17) is 14.6 Å². The predicted molar refractivity (Wildman–Crippen MR) is 87.3 cm³/mol. The lowest BCUT2D eigenvalue weighted by Gasteiger charge is -2.16. The third-order valence-electron chi connectivity index (χ3n) is 3.49. The summed E-state index contributed by atoms with van der Waals surface area (Å²) < 4.78 is 10.8. The molecule has 2 rings (SSSR count). The van der Waals surface area contributed by atoms with Crippen molar-refractivity contribution in [3.05, 3.63) is 59.7 Å². The van der Waals surface area contributed by atoms with Crippen molar-refractivity contribution in [3.63, 3.8) is 0 Å². The fraction of sp³-hybridized carbons (Fsp3) is 0.333. The van der Waals surface area contributed by atoms with Crippen LogP contribution < -0.4 is 14.8 Å². The van der Waals surface area contributed by atoms with Gasteiger partial charge in [0, 0.05) is 12.6 Å². The number of benzene rings is 2. The predicted octanol–water partition coefficient (Wildman–Crippen LogP) is 2.92. The third kappa shape index (κ3) is 4.48. The molecule has 0 bridgehead atoms. The molecule has 4 nitrogen and oxygen atoms in total. The smallest absolute Gasteiger partial charge is 0.161 e. The van der Waals surface area contributed by atoms with Crippen LogP contribution in [0.4, 0.5) is 0 Å². The van der Waals surface area contributed by atoms with Gasteiger partial charge >= 0.3 is 0 Å². The summed E-state index contributed by atoms with van der Waals surface area (Å²) in [6.45, 7) is 3.14. The Hall–Kier alpha value is -2.04. The Morgan fingerprint density at radius 3 is 2.55 bits per heavy atom. The second kappa shape index (κ2) is 8.41. The average Bonchev–Trinajstić information content (AvgIpc) is 2.58. The molecule has 0 aliphatic heterocycles. The second-order valence-corrected chi connectivity index (χ2v) is 5.07. The molecule has 2 aromatic carbocycles. The van der Waals surface area contributed by atoms with E-state index < -0.39 is 0 Å². The van der Waals surface area contributed by atoms with Gasteiger partial charge in [-0.1, -0.05) is 36.4 Å². The van der Waals surface area contributed by atoms with Gasteiger partial charge in [-0.05, 0) is 30.2 Å². The Balaban J connectivity index is 1.98. The molecule has 0 amide bonds. The summed E-state index contributed by atoms with van der Waals surface area (Å²) in [4.78, 5) is 0. The van der Waals surface area contributed by atoms with Crippen LogP contribution in [0.2, 0.25) is 0 Å². The molecule has 0 aliphatic carbocycles. The first-order valence-electron chi connectivity index (χ1n) is 7.43. The van der Waals surface area contributed by atoms with Crippen molar-refractivity contribution in [2.24, 2.45) is 0 Å². The summed E-state index contributed by atoms with van der Waals surface area (Å²) in [7, 11) is 1.62. The SMILES string of the molecule is COc1cc(CNC(C)c2ccccc2)ccc1OCCO. The lowest BCUT2D eigenvalue weighted by atomic mass is 10.1. The first-order valence-corrected chi connectivity index (χ1v) is 7.43. The third-order valence-corrected chi connectivity index (χ3v) is 3.49.